The number of rotatable bonds is 4. The van der Waals surface area contributed by atoms with Gasteiger partial charge in [-0.15, -0.1) is 11.6 Å². The van der Waals surface area contributed by atoms with Crippen molar-refractivity contribution in [3.63, 3.8) is 0 Å². The first-order valence-corrected chi connectivity index (χ1v) is 6.16. The van der Waals surface area contributed by atoms with Crippen LogP contribution < -0.4 is 4.90 Å². The third kappa shape index (κ3) is 2.86. The van der Waals surface area contributed by atoms with E-state index < -0.39 is 0 Å². The topological polar surface area (TPSA) is 25.4 Å². The minimum Gasteiger partial charge on any atom is -0.376 e. The van der Waals surface area contributed by atoms with Gasteiger partial charge < -0.3 is 9.64 Å². The lowest BCUT2D eigenvalue weighted by atomic mass is 10.2. The highest BCUT2D eigenvalue weighted by molar-refractivity contribution is 6.17. The summed E-state index contributed by atoms with van der Waals surface area (Å²) in [5.41, 5.74) is 1.10. The van der Waals surface area contributed by atoms with E-state index in [0.717, 1.165) is 31.0 Å². The van der Waals surface area contributed by atoms with E-state index in [1.165, 1.54) is 6.42 Å². The first-order chi connectivity index (χ1) is 7.79. The molecule has 16 heavy (non-hydrogen) atoms. The van der Waals surface area contributed by atoms with Gasteiger partial charge in [0.1, 0.15) is 5.82 Å². The van der Waals surface area contributed by atoms with E-state index in [4.69, 9.17) is 16.3 Å². The molecular formula is C12H17ClN2O. The van der Waals surface area contributed by atoms with Crippen LogP contribution >= 0.6 is 11.6 Å². The maximum absolute atomic E-state index is 5.80. The van der Waals surface area contributed by atoms with Crippen LogP contribution in [0.15, 0.2) is 18.3 Å². The van der Waals surface area contributed by atoms with E-state index in [1.807, 2.05) is 19.2 Å². The van der Waals surface area contributed by atoms with Gasteiger partial charge in [0.2, 0.25) is 0 Å². The predicted molar refractivity (Wildman–Crippen MR) is 66.0 cm³/mol. The number of likely N-dealkylation sites (N-methyl/N-ethyl adjacent to an activating group) is 1. The summed E-state index contributed by atoms with van der Waals surface area (Å²) in [6, 6.07) is 3.97. The number of aromatic nitrogens is 1. The number of ether oxygens (including phenoxy) is 1. The van der Waals surface area contributed by atoms with E-state index in [0.29, 0.717) is 12.0 Å². The molecule has 4 heteroatoms. The summed E-state index contributed by atoms with van der Waals surface area (Å²) in [6.07, 6.45) is 4.48. The molecule has 1 saturated heterocycles. The molecule has 0 aromatic carbocycles. The van der Waals surface area contributed by atoms with Gasteiger partial charge in [0.05, 0.1) is 6.10 Å². The molecule has 1 aliphatic heterocycles. The van der Waals surface area contributed by atoms with Gasteiger partial charge >= 0.3 is 0 Å². The van der Waals surface area contributed by atoms with E-state index >= 15 is 0 Å². The average molecular weight is 241 g/mol. The molecule has 2 rings (SSSR count). The Bertz CT molecular complexity index is 340. The van der Waals surface area contributed by atoms with Crippen LogP contribution in [0.3, 0.4) is 0 Å². The lowest BCUT2D eigenvalue weighted by molar-refractivity contribution is 0.116. The van der Waals surface area contributed by atoms with Crippen LogP contribution in [0.25, 0.3) is 0 Å². The van der Waals surface area contributed by atoms with Crippen molar-refractivity contribution >= 4 is 17.4 Å². The van der Waals surface area contributed by atoms with Gasteiger partial charge in [0.25, 0.3) is 0 Å². The summed E-state index contributed by atoms with van der Waals surface area (Å²) in [7, 11) is 2.04. The molecule has 1 aromatic heterocycles. The Morgan fingerprint density at radius 3 is 3.19 bits per heavy atom. The fourth-order valence-corrected chi connectivity index (χ4v) is 2.11. The zero-order valence-electron chi connectivity index (χ0n) is 9.53. The molecule has 1 aromatic rings. The second-order valence-corrected chi connectivity index (χ2v) is 4.44. The van der Waals surface area contributed by atoms with Crippen molar-refractivity contribution in [1.29, 1.82) is 0 Å². The van der Waals surface area contributed by atoms with Crippen LogP contribution in [0, 0.1) is 0 Å². The van der Waals surface area contributed by atoms with Crippen molar-refractivity contribution in [2.45, 2.75) is 24.8 Å². The lowest BCUT2D eigenvalue weighted by Crippen LogP contribution is -2.29. The predicted octanol–water partition coefficient (Wildman–Crippen LogP) is 2.44. The number of pyridine rings is 1. The third-order valence-corrected chi connectivity index (χ3v) is 3.17. The second kappa shape index (κ2) is 5.51. The van der Waals surface area contributed by atoms with Crippen molar-refractivity contribution in [1.82, 2.24) is 4.98 Å². The minimum atomic E-state index is 0.353. The van der Waals surface area contributed by atoms with Gasteiger partial charge in [0.15, 0.2) is 0 Å². The maximum atomic E-state index is 5.80. The zero-order valence-corrected chi connectivity index (χ0v) is 10.3. The summed E-state index contributed by atoms with van der Waals surface area (Å²) < 4.78 is 5.61. The van der Waals surface area contributed by atoms with Gasteiger partial charge in [-0.3, -0.25) is 0 Å². The third-order valence-electron chi connectivity index (χ3n) is 2.86. The first-order valence-electron chi connectivity index (χ1n) is 5.63. The highest BCUT2D eigenvalue weighted by Crippen LogP contribution is 2.17. The summed E-state index contributed by atoms with van der Waals surface area (Å²) in [6.45, 7) is 1.80. The maximum Gasteiger partial charge on any atom is 0.128 e. The Balaban J connectivity index is 1.98. The van der Waals surface area contributed by atoms with E-state index in [-0.39, 0.29) is 0 Å². The number of hydrogen-bond donors (Lipinski definition) is 0. The van der Waals surface area contributed by atoms with Crippen molar-refractivity contribution in [2.24, 2.45) is 0 Å². The molecule has 2 heterocycles. The van der Waals surface area contributed by atoms with Crippen molar-refractivity contribution < 1.29 is 4.74 Å². The SMILES string of the molecule is CN(CC1CCCO1)c1cc(CCl)ccn1. The van der Waals surface area contributed by atoms with Crippen LogP contribution in [0.4, 0.5) is 5.82 Å². The minimum absolute atomic E-state index is 0.353. The van der Waals surface area contributed by atoms with Gasteiger partial charge in [-0.05, 0) is 30.5 Å². The van der Waals surface area contributed by atoms with Crippen LogP contribution in [0.5, 0.6) is 0 Å². The summed E-state index contributed by atoms with van der Waals surface area (Å²) in [5.74, 6) is 1.50. The Kier molecular flexibility index (Phi) is 4.02. The van der Waals surface area contributed by atoms with Crippen LogP contribution in [-0.2, 0) is 10.6 Å². The molecular weight excluding hydrogens is 224 g/mol. The van der Waals surface area contributed by atoms with E-state index in [9.17, 15) is 0 Å². The quantitative estimate of drug-likeness (QED) is 0.756. The van der Waals surface area contributed by atoms with Gasteiger partial charge in [-0.25, -0.2) is 4.98 Å². The molecule has 0 saturated carbocycles. The van der Waals surface area contributed by atoms with Crippen LogP contribution in [0.2, 0.25) is 0 Å². The second-order valence-electron chi connectivity index (χ2n) is 4.17. The Labute approximate surface area is 101 Å². The molecule has 0 N–H and O–H groups in total. The number of halogens is 1. The molecule has 0 amide bonds. The zero-order chi connectivity index (χ0) is 11.4. The smallest absolute Gasteiger partial charge is 0.128 e. The highest BCUT2D eigenvalue weighted by atomic mass is 35.5. The summed E-state index contributed by atoms with van der Waals surface area (Å²) >= 11 is 5.80. The average Bonchev–Trinajstić information content (AvgIpc) is 2.82. The van der Waals surface area contributed by atoms with Crippen LogP contribution in [0.1, 0.15) is 18.4 Å². The number of anilines is 1. The van der Waals surface area contributed by atoms with Crippen molar-refractivity contribution in [3.05, 3.63) is 23.9 Å². The monoisotopic (exact) mass is 240 g/mol. The van der Waals surface area contributed by atoms with E-state index in [1.54, 1.807) is 6.20 Å². The molecule has 1 atom stereocenters. The Morgan fingerprint density at radius 2 is 2.50 bits per heavy atom. The van der Waals surface area contributed by atoms with Crippen molar-refractivity contribution in [2.75, 3.05) is 25.1 Å². The fourth-order valence-electron chi connectivity index (χ4n) is 1.94. The van der Waals surface area contributed by atoms with Gasteiger partial charge in [-0.2, -0.15) is 0 Å². The summed E-state index contributed by atoms with van der Waals surface area (Å²) in [4.78, 5) is 6.47. The van der Waals surface area contributed by atoms with Gasteiger partial charge in [-0.1, -0.05) is 0 Å². The fraction of sp³-hybridized carbons (Fsp3) is 0.583. The van der Waals surface area contributed by atoms with Crippen molar-refractivity contribution in [3.8, 4) is 0 Å². The molecule has 0 spiro atoms. The highest BCUT2D eigenvalue weighted by Gasteiger charge is 2.17. The first kappa shape index (κ1) is 11.7. The van der Waals surface area contributed by atoms with Gasteiger partial charge in [0, 0.05) is 32.3 Å². The van der Waals surface area contributed by atoms with Crippen LogP contribution in [-0.4, -0.2) is 31.3 Å². The Hall–Kier alpha value is -0.800. The Morgan fingerprint density at radius 1 is 1.62 bits per heavy atom. The molecule has 1 unspecified atom stereocenters. The number of hydrogen-bond acceptors (Lipinski definition) is 3. The molecule has 0 aliphatic carbocycles. The number of nitrogens with zero attached hydrogens (tertiary/aromatic N) is 2. The van der Waals surface area contributed by atoms with E-state index in [2.05, 4.69) is 9.88 Å². The largest absolute Gasteiger partial charge is 0.376 e. The molecule has 1 aliphatic rings. The molecule has 3 nitrogen and oxygen atoms in total. The molecule has 1 fully saturated rings. The standard InChI is InChI=1S/C12H17ClN2O/c1-15(9-11-3-2-6-16-11)12-7-10(8-13)4-5-14-12/h4-5,7,11H,2-3,6,8-9H2,1H3. The number of alkyl halides is 1. The molecule has 88 valence electrons. The summed E-state index contributed by atoms with van der Waals surface area (Å²) in [5, 5.41) is 0. The molecule has 0 bridgehead atoms. The molecule has 0 radical (unpaired) electrons. The lowest BCUT2D eigenvalue weighted by Gasteiger charge is -2.21. The normalized spacial score (nSPS) is 20.0.